The molecular weight excluding hydrogens is 310 g/mol. The second kappa shape index (κ2) is 6.36. The van der Waals surface area contributed by atoms with Crippen LogP contribution >= 0.6 is 0 Å². The Labute approximate surface area is 147 Å². The number of H-pyrrole nitrogens is 1. The molecule has 1 N–H and O–H groups in total. The number of benzene rings is 2. The van der Waals surface area contributed by atoms with E-state index in [0.717, 1.165) is 53.9 Å². The lowest BCUT2D eigenvalue weighted by Crippen LogP contribution is -2.38. The number of nitrogens with one attached hydrogen (secondary N) is 1. The Morgan fingerprint density at radius 1 is 1.12 bits per heavy atom. The van der Waals surface area contributed by atoms with E-state index in [1.165, 1.54) is 5.56 Å². The summed E-state index contributed by atoms with van der Waals surface area (Å²) in [5.74, 6) is 1.61. The zero-order valence-electron chi connectivity index (χ0n) is 14.7. The lowest BCUT2D eigenvalue weighted by molar-refractivity contribution is 0.0710. The molecule has 4 heteroatoms. The van der Waals surface area contributed by atoms with Crippen LogP contribution in [-0.4, -0.2) is 33.9 Å². The molecule has 0 bridgehead atoms. The second-order valence-corrected chi connectivity index (χ2v) is 7.02. The third kappa shape index (κ3) is 3.04. The average molecular weight is 333 g/mol. The number of amides is 1. The lowest BCUT2D eigenvalue weighted by atomic mass is 9.95. The van der Waals surface area contributed by atoms with Crippen LogP contribution in [-0.2, 0) is 0 Å². The van der Waals surface area contributed by atoms with E-state index >= 15 is 0 Å². The smallest absolute Gasteiger partial charge is 0.254 e. The highest BCUT2D eigenvalue weighted by molar-refractivity contribution is 5.95. The molecule has 128 valence electrons. The Bertz CT molecular complexity index is 920. The van der Waals surface area contributed by atoms with Gasteiger partial charge >= 0.3 is 0 Å². The van der Waals surface area contributed by atoms with Crippen LogP contribution in [0.3, 0.4) is 0 Å². The van der Waals surface area contributed by atoms with Crippen molar-refractivity contribution >= 4 is 16.9 Å². The molecule has 1 fully saturated rings. The van der Waals surface area contributed by atoms with Crippen LogP contribution < -0.4 is 0 Å². The van der Waals surface area contributed by atoms with E-state index in [9.17, 15) is 4.79 Å². The number of carbonyl (C=O) groups is 1. The molecular formula is C21H23N3O. The van der Waals surface area contributed by atoms with Gasteiger partial charge in [-0.15, -0.1) is 0 Å². The van der Waals surface area contributed by atoms with Gasteiger partial charge in [0.2, 0.25) is 0 Å². The third-order valence-electron chi connectivity index (χ3n) is 5.20. The van der Waals surface area contributed by atoms with Crippen molar-refractivity contribution < 1.29 is 4.79 Å². The van der Waals surface area contributed by atoms with E-state index in [4.69, 9.17) is 4.98 Å². The quantitative estimate of drug-likeness (QED) is 0.764. The van der Waals surface area contributed by atoms with Crippen LogP contribution in [0, 0.1) is 13.8 Å². The maximum atomic E-state index is 12.7. The molecule has 0 aliphatic carbocycles. The Balaban J connectivity index is 1.47. The Morgan fingerprint density at radius 3 is 2.64 bits per heavy atom. The van der Waals surface area contributed by atoms with Crippen LogP contribution in [0.5, 0.6) is 0 Å². The van der Waals surface area contributed by atoms with Crippen molar-refractivity contribution in [2.45, 2.75) is 32.6 Å². The molecule has 0 radical (unpaired) electrons. The summed E-state index contributed by atoms with van der Waals surface area (Å²) < 4.78 is 0. The van der Waals surface area contributed by atoms with E-state index in [2.05, 4.69) is 30.1 Å². The van der Waals surface area contributed by atoms with Gasteiger partial charge in [-0.2, -0.15) is 0 Å². The Morgan fingerprint density at radius 2 is 1.88 bits per heavy atom. The molecule has 2 aromatic carbocycles. The van der Waals surface area contributed by atoms with Crippen LogP contribution in [0.2, 0.25) is 0 Å². The summed E-state index contributed by atoms with van der Waals surface area (Å²) in [6.45, 7) is 5.66. The van der Waals surface area contributed by atoms with Gasteiger partial charge in [-0.3, -0.25) is 4.79 Å². The lowest BCUT2D eigenvalue weighted by Gasteiger charge is -2.31. The van der Waals surface area contributed by atoms with Crippen molar-refractivity contribution in [3.63, 3.8) is 0 Å². The standard InChI is InChI=1S/C21H23N3O/c1-14-7-8-18-19(13-14)23-20(22-18)16-9-11-24(12-10-16)21(25)17-6-4-3-5-15(17)2/h3-8,13,16H,9-12H2,1-2H3,(H,22,23). The molecule has 0 atom stereocenters. The number of likely N-dealkylation sites (tertiary alicyclic amines) is 1. The zero-order chi connectivity index (χ0) is 17.4. The molecule has 1 aliphatic rings. The predicted octanol–water partition coefficient (Wildman–Crippen LogP) is 4.20. The molecule has 4 nitrogen and oxygen atoms in total. The first-order chi connectivity index (χ1) is 12.1. The minimum Gasteiger partial charge on any atom is -0.342 e. The molecule has 4 rings (SSSR count). The van der Waals surface area contributed by atoms with Gasteiger partial charge in [0.25, 0.3) is 5.91 Å². The minimum atomic E-state index is 0.150. The van der Waals surface area contributed by atoms with Crippen molar-refractivity contribution in [3.05, 3.63) is 65.0 Å². The first-order valence-corrected chi connectivity index (χ1v) is 8.93. The topological polar surface area (TPSA) is 49.0 Å². The molecule has 1 aromatic heterocycles. The summed E-state index contributed by atoms with van der Waals surface area (Å²) in [5, 5.41) is 0. The summed E-state index contributed by atoms with van der Waals surface area (Å²) in [5.41, 5.74) is 5.23. The fraction of sp³-hybridized carbons (Fsp3) is 0.333. The maximum Gasteiger partial charge on any atom is 0.254 e. The molecule has 2 heterocycles. The van der Waals surface area contributed by atoms with E-state index in [-0.39, 0.29) is 5.91 Å². The first-order valence-electron chi connectivity index (χ1n) is 8.93. The Kier molecular flexibility index (Phi) is 4.04. The molecule has 0 saturated carbocycles. The van der Waals surface area contributed by atoms with Gasteiger partial charge in [-0.25, -0.2) is 4.98 Å². The zero-order valence-corrected chi connectivity index (χ0v) is 14.7. The van der Waals surface area contributed by atoms with Crippen LogP contribution in [0.25, 0.3) is 11.0 Å². The van der Waals surface area contributed by atoms with Gasteiger partial charge in [0.05, 0.1) is 11.0 Å². The van der Waals surface area contributed by atoms with Crippen LogP contribution in [0.4, 0.5) is 0 Å². The summed E-state index contributed by atoms with van der Waals surface area (Å²) in [6.07, 6.45) is 1.91. The number of fused-ring (bicyclic) bond motifs is 1. The highest BCUT2D eigenvalue weighted by Gasteiger charge is 2.26. The maximum absolute atomic E-state index is 12.7. The van der Waals surface area contributed by atoms with E-state index in [0.29, 0.717) is 5.92 Å². The van der Waals surface area contributed by atoms with Gasteiger partial charge in [-0.05, 0) is 56.0 Å². The summed E-state index contributed by atoms with van der Waals surface area (Å²) in [4.78, 5) is 23.0. The number of aromatic amines is 1. The number of piperidine rings is 1. The van der Waals surface area contributed by atoms with Gasteiger partial charge in [-0.1, -0.05) is 24.3 Å². The number of hydrogen-bond donors (Lipinski definition) is 1. The fourth-order valence-electron chi connectivity index (χ4n) is 3.68. The molecule has 3 aromatic rings. The predicted molar refractivity (Wildman–Crippen MR) is 99.9 cm³/mol. The second-order valence-electron chi connectivity index (χ2n) is 7.02. The number of imidazole rings is 1. The SMILES string of the molecule is Cc1ccc2nc(C3CCN(C(=O)c4ccccc4C)CC3)[nH]c2c1. The largest absolute Gasteiger partial charge is 0.342 e. The minimum absolute atomic E-state index is 0.150. The monoisotopic (exact) mass is 333 g/mol. The number of carbonyl (C=O) groups excluding carboxylic acids is 1. The molecule has 0 unspecified atom stereocenters. The van der Waals surface area contributed by atoms with Crippen molar-refractivity contribution in [1.29, 1.82) is 0 Å². The first kappa shape index (κ1) is 15.9. The number of aryl methyl sites for hydroxylation is 2. The number of rotatable bonds is 2. The molecule has 1 amide bonds. The third-order valence-corrected chi connectivity index (χ3v) is 5.20. The number of hydrogen-bond acceptors (Lipinski definition) is 2. The van der Waals surface area contributed by atoms with Gasteiger partial charge < -0.3 is 9.88 Å². The van der Waals surface area contributed by atoms with Crippen molar-refractivity contribution in [1.82, 2.24) is 14.9 Å². The normalized spacial score (nSPS) is 15.7. The van der Waals surface area contributed by atoms with Gasteiger partial charge in [0.1, 0.15) is 5.82 Å². The summed E-state index contributed by atoms with van der Waals surface area (Å²) >= 11 is 0. The molecule has 1 saturated heterocycles. The Hall–Kier alpha value is -2.62. The highest BCUT2D eigenvalue weighted by Crippen LogP contribution is 2.29. The van der Waals surface area contributed by atoms with Crippen LogP contribution in [0.1, 0.15) is 46.1 Å². The van der Waals surface area contributed by atoms with E-state index < -0.39 is 0 Å². The van der Waals surface area contributed by atoms with Crippen molar-refractivity contribution in [2.24, 2.45) is 0 Å². The number of nitrogens with zero attached hydrogens (tertiary/aromatic N) is 2. The van der Waals surface area contributed by atoms with Crippen molar-refractivity contribution in [3.8, 4) is 0 Å². The van der Waals surface area contributed by atoms with Crippen LogP contribution in [0.15, 0.2) is 42.5 Å². The molecule has 25 heavy (non-hydrogen) atoms. The van der Waals surface area contributed by atoms with E-state index in [1.807, 2.05) is 36.1 Å². The summed E-state index contributed by atoms with van der Waals surface area (Å²) in [6, 6.07) is 14.1. The average Bonchev–Trinajstić information content (AvgIpc) is 3.05. The highest BCUT2D eigenvalue weighted by atomic mass is 16.2. The van der Waals surface area contributed by atoms with E-state index in [1.54, 1.807) is 0 Å². The fourth-order valence-corrected chi connectivity index (χ4v) is 3.68. The van der Waals surface area contributed by atoms with Crippen molar-refractivity contribution in [2.75, 3.05) is 13.1 Å². The molecule has 1 aliphatic heterocycles. The molecule has 0 spiro atoms. The number of aromatic nitrogens is 2. The van der Waals surface area contributed by atoms with Gasteiger partial charge in [0.15, 0.2) is 0 Å². The van der Waals surface area contributed by atoms with Gasteiger partial charge in [0, 0.05) is 24.6 Å². The summed E-state index contributed by atoms with van der Waals surface area (Å²) in [7, 11) is 0.